The lowest BCUT2D eigenvalue weighted by molar-refractivity contribution is -0.0641. The number of rotatable bonds is 3. The Bertz CT molecular complexity index is 1110. The van der Waals surface area contributed by atoms with Gasteiger partial charge in [0.05, 0.1) is 24.4 Å². The van der Waals surface area contributed by atoms with E-state index in [1.165, 1.54) is 24.0 Å². The smallest absolute Gasteiger partial charge is 0.266 e. The Balaban J connectivity index is 1.70. The SMILES string of the molecule is COc1c(F)cc(C(=O)N2CC(c3cc(C)nc4ncnn34)CC(F)(F)C2)cc1Cl. The number of amides is 1. The van der Waals surface area contributed by atoms with Gasteiger partial charge in [-0.05, 0) is 25.1 Å². The van der Waals surface area contributed by atoms with Crippen LogP contribution in [-0.2, 0) is 0 Å². The molecule has 2 aromatic heterocycles. The third-order valence-electron chi connectivity index (χ3n) is 4.97. The summed E-state index contributed by atoms with van der Waals surface area (Å²) in [4.78, 5) is 22.2. The molecular weight excluding hydrogens is 423 g/mol. The summed E-state index contributed by atoms with van der Waals surface area (Å²) in [6.07, 6.45) is 0.824. The van der Waals surface area contributed by atoms with Gasteiger partial charge in [0.15, 0.2) is 11.6 Å². The van der Waals surface area contributed by atoms with Crippen molar-refractivity contribution in [1.29, 1.82) is 0 Å². The Morgan fingerprint density at radius 1 is 1.33 bits per heavy atom. The first-order chi connectivity index (χ1) is 14.2. The number of aryl methyl sites for hydroxylation is 1. The molecule has 1 amide bonds. The Labute approximate surface area is 174 Å². The number of alkyl halides is 2. The van der Waals surface area contributed by atoms with E-state index in [9.17, 15) is 18.0 Å². The molecule has 1 fully saturated rings. The van der Waals surface area contributed by atoms with Crippen LogP contribution in [0.2, 0.25) is 5.02 Å². The molecule has 3 aromatic rings. The highest BCUT2D eigenvalue weighted by atomic mass is 35.5. The summed E-state index contributed by atoms with van der Waals surface area (Å²) in [5.74, 6) is -5.37. The highest BCUT2D eigenvalue weighted by Crippen LogP contribution is 2.37. The van der Waals surface area contributed by atoms with Gasteiger partial charge in [-0.3, -0.25) is 4.79 Å². The van der Waals surface area contributed by atoms with Crippen LogP contribution in [-0.4, -0.2) is 56.5 Å². The van der Waals surface area contributed by atoms with Crippen molar-refractivity contribution in [3.8, 4) is 5.75 Å². The summed E-state index contributed by atoms with van der Waals surface area (Å²) in [6.45, 7) is 0.945. The summed E-state index contributed by atoms with van der Waals surface area (Å²) in [5.41, 5.74) is 0.943. The van der Waals surface area contributed by atoms with E-state index in [-0.39, 0.29) is 22.9 Å². The van der Waals surface area contributed by atoms with Gasteiger partial charge in [-0.1, -0.05) is 11.6 Å². The van der Waals surface area contributed by atoms with Crippen LogP contribution in [0.3, 0.4) is 0 Å². The second-order valence-electron chi connectivity index (χ2n) is 7.21. The van der Waals surface area contributed by atoms with Gasteiger partial charge in [0, 0.05) is 30.1 Å². The normalized spacial score (nSPS) is 18.6. The van der Waals surface area contributed by atoms with E-state index in [0.29, 0.717) is 17.2 Å². The lowest BCUT2D eigenvalue weighted by atomic mass is 9.91. The number of piperidine rings is 1. The fraction of sp³-hybridized carbons (Fsp3) is 0.368. The fourth-order valence-electron chi connectivity index (χ4n) is 3.76. The first-order valence-electron chi connectivity index (χ1n) is 9.06. The average Bonchev–Trinajstić information content (AvgIpc) is 3.13. The van der Waals surface area contributed by atoms with E-state index < -0.39 is 36.5 Å². The molecule has 158 valence electrons. The van der Waals surface area contributed by atoms with Crippen LogP contribution in [0.15, 0.2) is 24.5 Å². The summed E-state index contributed by atoms with van der Waals surface area (Å²) in [5, 5.41) is 3.95. The van der Waals surface area contributed by atoms with Crippen LogP contribution in [0, 0.1) is 12.7 Å². The highest BCUT2D eigenvalue weighted by molar-refractivity contribution is 6.32. The van der Waals surface area contributed by atoms with E-state index in [0.717, 1.165) is 11.0 Å². The molecule has 3 heterocycles. The maximum absolute atomic E-state index is 14.6. The molecule has 1 aliphatic heterocycles. The summed E-state index contributed by atoms with van der Waals surface area (Å²) in [6, 6.07) is 3.79. The van der Waals surface area contributed by atoms with E-state index in [1.807, 2.05) is 0 Å². The van der Waals surface area contributed by atoms with E-state index in [4.69, 9.17) is 16.3 Å². The zero-order valence-electron chi connectivity index (χ0n) is 16.1. The zero-order chi connectivity index (χ0) is 21.6. The maximum atomic E-state index is 14.6. The fourth-order valence-corrected chi connectivity index (χ4v) is 4.05. The lowest BCUT2D eigenvalue weighted by Crippen LogP contribution is -2.49. The van der Waals surface area contributed by atoms with Gasteiger partial charge in [0.25, 0.3) is 17.6 Å². The largest absolute Gasteiger partial charge is 0.492 e. The molecule has 1 aliphatic rings. The monoisotopic (exact) mass is 439 g/mol. The molecule has 0 spiro atoms. The molecule has 7 nitrogen and oxygen atoms in total. The van der Waals surface area contributed by atoms with Crippen molar-refractivity contribution in [3.05, 3.63) is 52.3 Å². The van der Waals surface area contributed by atoms with Crippen molar-refractivity contribution >= 4 is 23.3 Å². The average molecular weight is 440 g/mol. The number of methoxy groups -OCH3 is 1. The van der Waals surface area contributed by atoms with Crippen LogP contribution in [0.5, 0.6) is 5.75 Å². The molecule has 30 heavy (non-hydrogen) atoms. The molecule has 0 radical (unpaired) electrons. The van der Waals surface area contributed by atoms with Crippen molar-refractivity contribution in [3.63, 3.8) is 0 Å². The third kappa shape index (κ3) is 3.67. The first kappa shape index (κ1) is 20.4. The molecule has 1 saturated heterocycles. The van der Waals surface area contributed by atoms with Crippen LogP contribution in [0.1, 0.15) is 34.1 Å². The molecule has 11 heteroatoms. The minimum absolute atomic E-state index is 0.00188. The molecule has 1 atom stereocenters. The van der Waals surface area contributed by atoms with Crippen LogP contribution >= 0.6 is 11.6 Å². The predicted molar refractivity (Wildman–Crippen MR) is 102 cm³/mol. The molecule has 0 aliphatic carbocycles. The Kier molecular flexibility index (Phi) is 5.05. The van der Waals surface area contributed by atoms with Gasteiger partial charge in [-0.25, -0.2) is 22.7 Å². The molecular formula is C19H17ClF3N5O2. The van der Waals surface area contributed by atoms with Gasteiger partial charge in [-0.15, -0.1) is 0 Å². The highest BCUT2D eigenvalue weighted by Gasteiger charge is 2.43. The number of likely N-dealkylation sites (tertiary alicyclic amines) is 1. The van der Waals surface area contributed by atoms with Crippen molar-refractivity contribution in [2.75, 3.05) is 20.2 Å². The minimum atomic E-state index is -3.14. The molecule has 0 bridgehead atoms. The molecule has 1 aromatic carbocycles. The molecule has 0 saturated carbocycles. The van der Waals surface area contributed by atoms with E-state index in [2.05, 4.69) is 15.1 Å². The number of ether oxygens (including phenoxy) is 1. The first-order valence-corrected chi connectivity index (χ1v) is 9.44. The Hall–Kier alpha value is -2.88. The van der Waals surface area contributed by atoms with E-state index in [1.54, 1.807) is 13.0 Å². The van der Waals surface area contributed by atoms with Crippen LogP contribution in [0.25, 0.3) is 5.78 Å². The number of hydrogen-bond acceptors (Lipinski definition) is 5. The number of carbonyl (C=O) groups excluding carboxylic acids is 1. The second-order valence-corrected chi connectivity index (χ2v) is 7.62. The number of fused-ring (bicyclic) bond motifs is 1. The zero-order valence-corrected chi connectivity index (χ0v) is 16.8. The Morgan fingerprint density at radius 3 is 2.80 bits per heavy atom. The van der Waals surface area contributed by atoms with Gasteiger partial charge in [0.1, 0.15) is 6.33 Å². The summed E-state index contributed by atoms with van der Waals surface area (Å²) < 4.78 is 49.6. The van der Waals surface area contributed by atoms with Crippen molar-refractivity contribution in [2.24, 2.45) is 0 Å². The lowest BCUT2D eigenvalue weighted by Gasteiger charge is -2.37. The van der Waals surface area contributed by atoms with Crippen molar-refractivity contribution in [1.82, 2.24) is 24.5 Å². The third-order valence-corrected chi connectivity index (χ3v) is 5.25. The molecule has 4 rings (SSSR count). The van der Waals surface area contributed by atoms with Gasteiger partial charge in [0.2, 0.25) is 0 Å². The number of nitrogens with zero attached hydrogens (tertiary/aromatic N) is 5. The van der Waals surface area contributed by atoms with Crippen LogP contribution in [0.4, 0.5) is 13.2 Å². The summed E-state index contributed by atoms with van der Waals surface area (Å²) >= 11 is 5.96. The predicted octanol–water partition coefficient (Wildman–Crippen LogP) is 3.50. The second kappa shape index (κ2) is 7.42. The number of aromatic nitrogens is 4. The topological polar surface area (TPSA) is 72.6 Å². The van der Waals surface area contributed by atoms with Crippen molar-refractivity contribution in [2.45, 2.75) is 25.2 Å². The quantitative estimate of drug-likeness (QED) is 0.624. The van der Waals surface area contributed by atoms with Crippen molar-refractivity contribution < 1.29 is 22.7 Å². The number of benzene rings is 1. The number of hydrogen-bond donors (Lipinski definition) is 0. The number of carbonyl (C=O) groups is 1. The standard InChI is InChI=1S/C19H17ClF3N5O2/c1-10-3-15(28-18(26-10)24-9-25-28)12-6-19(22,23)8-27(7-12)17(29)11-4-13(20)16(30-2)14(21)5-11/h3-5,9,12H,6-8H2,1-2H3. The van der Waals surface area contributed by atoms with Gasteiger partial charge >= 0.3 is 0 Å². The van der Waals surface area contributed by atoms with Gasteiger partial charge < -0.3 is 9.64 Å². The summed E-state index contributed by atoms with van der Waals surface area (Å²) in [7, 11) is 1.24. The molecule has 1 unspecified atom stereocenters. The Morgan fingerprint density at radius 2 is 2.10 bits per heavy atom. The molecule has 0 N–H and O–H groups in total. The minimum Gasteiger partial charge on any atom is -0.492 e. The van der Waals surface area contributed by atoms with Gasteiger partial charge in [-0.2, -0.15) is 10.1 Å². The van der Waals surface area contributed by atoms with E-state index >= 15 is 0 Å². The number of halogens is 4. The maximum Gasteiger partial charge on any atom is 0.266 e. The van der Waals surface area contributed by atoms with Crippen LogP contribution < -0.4 is 4.74 Å².